The minimum atomic E-state index is -0.259. The Hall–Kier alpha value is -3.29. The van der Waals surface area contributed by atoms with E-state index in [0.717, 1.165) is 35.4 Å². The quantitative estimate of drug-likeness (QED) is 0.611. The van der Waals surface area contributed by atoms with Crippen LogP contribution in [-0.2, 0) is 12.8 Å². The Labute approximate surface area is 166 Å². The monoisotopic (exact) mass is 372 g/mol. The Kier molecular flexibility index (Phi) is 6.67. The van der Waals surface area contributed by atoms with Crippen LogP contribution in [0.15, 0.2) is 72.8 Å². The van der Waals surface area contributed by atoms with Gasteiger partial charge in [-0.25, -0.2) is 0 Å². The van der Waals surface area contributed by atoms with Gasteiger partial charge in [0, 0.05) is 5.69 Å². The van der Waals surface area contributed by atoms with E-state index in [1.54, 1.807) is 19.2 Å². The average Bonchev–Trinajstić information content (AvgIpc) is 2.77. The molecule has 0 aliphatic carbocycles. The molecule has 1 unspecified atom stereocenters. The molecule has 0 bridgehead atoms. The van der Waals surface area contributed by atoms with Crippen molar-refractivity contribution in [2.24, 2.45) is 0 Å². The number of ether oxygens (including phenoxy) is 1. The first-order valence-corrected chi connectivity index (χ1v) is 9.31. The van der Waals surface area contributed by atoms with Crippen molar-refractivity contribution in [3.63, 3.8) is 0 Å². The van der Waals surface area contributed by atoms with Gasteiger partial charge < -0.3 is 15.2 Å². The van der Waals surface area contributed by atoms with E-state index in [1.165, 1.54) is 5.56 Å². The van der Waals surface area contributed by atoms with Crippen LogP contribution in [0.5, 0.6) is 5.75 Å². The highest BCUT2D eigenvalue weighted by molar-refractivity contribution is 5.50. The highest BCUT2D eigenvalue weighted by Crippen LogP contribution is 2.27. The summed E-state index contributed by atoms with van der Waals surface area (Å²) < 4.78 is 5.60. The summed E-state index contributed by atoms with van der Waals surface area (Å²) in [5.41, 5.74) is 4.85. The smallest absolute Gasteiger partial charge is 0.122 e. The lowest BCUT2D eigenvalue weighted by Crippen LogP contribution is -2.15. The first-order valence-electron chi connectivity index (χ1n) is 9.31. The molecule has 0 amide bonds. The number of hydrogen-bond donors (Lipinski definition) is 2. The fourth-order valence-electron chi connectivity index (χ4n) is 3.18. The predicted octanol–water partition coefficient (Wildman–Crippen LogP) is 4.50. The lowest BCUT2D eigenvalue weighted by molar-refractivity contribution is 0.276. The van der Waals surface area contributed by atoms with Crippen molar-refractivity contribution in [1.29, 1.82) is 5.26 Å². The topological polar surface area (TPSA) is 65.3 Å². The average molecular weight is 372 g/mol. The Morgan fingerprint density at radius 1 is 1.00 bits per heavy atom. The van der Waals surface area contributed by atoms with Crippen molar-refractivity contribution in [3.05, 3.63) is 95.1 Å². The number of aliphatic hydroxyl groups is 1. The van der Waals surface area contributed by atoms with E-state index in [9.17, 15) is 5.11 Å². The number of aliphatic hydroxyl groups excluding tert-OH is 1. The molecule has 0 aromatic heterocycles. The molecule has 0 aliphatic rings. The zero-order chi connectivity index (χ0) is 19.8. The van der Waals surface area contributed by atoms with Crippen LogP contribution in [0.2, 0.25) is 0 Å². The number of nitrogens with one attached hydrogen (secondary N) is 1. The highest BCUT2D eigenvalue weighted by Gasteiger charge is 2.13. The Morgan fingerprint density at radius 3 is 2.39 bits per heavy atom. The third-order valence-corrected chi connectivity index (χ3v) is 4.78. The van der Waals surface area contributed by atoms with Crippen LogP contribution >= 0.6 is 0 Å². The van der Waals surface area contributed by atoms with Crippen LogP contribution in [-0.4, -0.2) is 18.8 Å². The van der Waals surface area contributed by atoms with E-state index in [4.69, 9.17) is 10.00 Å². The maximum absolute atomic E-state index is 9.87. The summed E-state index contributed by atoms with van der Waals surface area (Å²) in [6.07, 6.45) is 1.84. The number of aryl methyl sites for hydroxylation is 2. The van der Waals surface area contributed by atoms with Gasteiger partial charge in [0.25, 0.3) is 0 Å². The number of benzene rings is 3. The number of nitrogens with zero attached hydrogens (tertiary/aromatic N) is 1. The molecule has 142 valence electrons. The second-order valence-corrected chi connectivity index (χ2v) is 6.63. The number of hydrogen-bond acceptors (Lipinski definition) is 4. The minimum absolute atomic E-state index is 0.0491. The van der Waals surface area contributed by atoms with Gasteiger partial charge in [0.2, 0.25) is 0 Å². The number of anilines is 1. The molecule has 0 radical (unpaired) electrons. The molecule has 1 atom stereocenters. The van der Waals surface area contributed by atoms with Crippen molar-refractivity contribution < 1.29 is 9.84 Å². The SMILES string of the molecule is COc1cc(C(CO)Nc2ccc(C#N)cc2)ccc1CCc1ccccc1. The third-order valence-electron chi connectivity index (χ3n) is 4.78. The zero-order valence-corrected chi connectivity index (χ0v) is 15.9. The van der Waals surface area contributed by atoms with Gasteiger partial charge >= 0.3 is 0 Å². The Bertz CT molecular complexity index is 931. The normalized spacial score (nSPS) is 11.5. The van der Waals surface area contributed by atoms with E-state index in [-0.39, 0.29) is 12.6 Å². The van der Waals surface area contributed by atoms with Crippen molar-refractivity contribution in [3.8, 4) is 11.8 Å². The van der Waals surface area contributed by atoms with Gasteiger partial charge in [-0.05, 0) is 59.9 Å². The second-order valence-electron chi connectivity index (χ2n) is 6.63. The van der Waals surface area contributed by atoms with E-state index in [1.807, 2.05) is 30.3 Å². The third kappa shape index (κ3) is 4.91. The van der Waals surface area contributed by atoms with Gasteiger partial charge in [-0.15, -0.1) is 0 Å². The van der Waals surface area contributed by atoms with Crippen molar-refractivity contribution in [2.45, 2.75) is 18.9 Å². The maximum Gasteiger partial charge on any atom is 0.122 e. The molecule has 0 spiro atoms. The molecule has 0 aliphatic heterocycles. The molecule has 0 saturated carbocycles. The molecule has 2 N–H and O–H groups in total. The fourth-order valence-corrected chi connectivity index (χ4v) is 3.18. The Balaban J connectivity index is 1.73. The summed E-state index contributed by atoms with van der Waals surface area (Å²) in [6.45, 7) is -0.0491. The minimum Gasteiger partial charge on any atom is -0.496 e. The summed E-state index contributed by atoms with van der Waals surface area (Å²) in [6, 6.07) is 25.5. The van der Waals surface area contributed by atoms with Crippen LogP contribution < -0.4 is 10.1 Å². The lowest BCUT2D eigenvalue weighted by atomic mass is 9.99. The van der Waals surface area contributed by atoms with E-state index < -0.39 is 0 Å². The summed E-state index contributed by atoms with van der Waals surface area (Å²) in [5, 5.41) is 22.1. The van der Waals surface area contributed by atoms with Crippen molar-refractivity contribution >= 4 is 5.69 Å². The second kappa shape index (κ2) is 9.59. The van der Waals surface area contributed by atoms with Crippen molar-refractivity contribution in [1.82, 2.24) is 0 Å². The molecule has 3 rings (SSSR count). The summed E-state index contributed by atoms with van der Waals surface area (Å²) in [4.78, 5) is 0. The molecule has 0 heterocycles. The standard InChI is InChI=1S/C24H24N2O2/c1-28-24-15-21(12-11-20(24)10-7-18-5-3-2-4-6-18)23(17-27)26-22-13-8-19(16-25)9-14-22/h2-6,8-9,11-15,23,26-27H,7,10,17H2,1H3. The van der Waals surface area contributed by atoms with Crippen LogP contribution in [0, 0.1) is 11.3 Å². The number of nitriles is 1. The largest absolute Gasteiger partial charge is 0.496 e. The molecule has 4 heteroatoms. The lowest BCUT2D eigenvalue weighted by Gasteiger charge is -2.20. The zero-order valence-electron chi connectivity index (χ0n) is 15.9. The van der Waals surface area contributed by atoms with Crippen LogP contribution in [0.4, 0.5) is 5.69 Å². The van der Waals surface area contributed by atoms with E-state index >= 15 is 0 Å². The molecule has 28 heavy (non-hydrogen) atoms. The first-order chi connectivity index (χ1) is 13.7. The van der Waals surface area contributed by atoms with Crippen LogP contribution in [0.1, 0.15) is 28.3 Å². The van der Waals surface area contributed by atoms with Crippen LogP contribution in [0.3, 0.4) is 0 Å². The van der Waals surface area contributed by atoms with E-state index in [0.29, 0.717) is 5.56 Å². The molecular weight excluding hydrogens is 348 g/mol. The number of rotatable bonds is 8. The number of methoxy groups -OCH3 is 1. The molecule has 3 aromatic carbocycles. The molecule has 0 saturated heterocycles. The molecule has 3 aromatic rings. The van der Waals surface area contributed by atoms with Crippen molar-refractivity contribution in [2.75, 3.05) is 19.0 Å². The van der Waals surface area contributed by atoms with Crippen LogP contribution in [0.25, 0.3) is 0 Å². The molecule has 4 nitrogen and oxygen atoms in total. The van der Waals surface area contributed by atoms with Gasteiger partial charge in [0.05, 0.1) is 31.4 Å². The molecular formula is C24H24N2O2. The maximum atomic E-state index is 9.87. The van der Waals surface area contributed by atoms with Gasteiger partial charge in [0.15, 0.2) is 0 Å². The van der Waals surface area contributed by atoms with Gasteiger partial charge in [0.1, 0.15) is 5.75 Å². The van der Waals surface area contributed by atoms with Gasteiger partial charge in [-0.2, -0.15) is 5.26 Å². The fraction of sp³-hybridized carbons (Fsp3) is 0.208. The first kappa shape index (κ1) is 19.5. The van der Waals surface area contributed by atoms with Gasteiger partial charge in [-0.1, -0.05) is 42.5 Å². The van der Waals surface area contributed by atoms with E-state index in [2.05, 4.69) is 41.7 Å². The Morgan fingerprint density at radius 2 is 1.75 bits per heavy atom. The summed E-state index contributed by atoms with van der Waals surface area (Å²) in [7, 11) is 1.67. The summed E-state index contributed by atoms with van der Waals surface area (Å²) >= 11 is 0. The molecule has 0 fully saturated rings. The van der Waals surface area contributed by atoms with Gasteiger partial charge in [-0.3, -0.25) is 0 Å². The highest BCUT2D eigenvalue weighted by atomic mass is 16.5. The predicted molar refractivity (Wildman–Crippen MR) is 111 cm³/mol. The summed E-state index contributed by atoms with van der Waals surface area (Å²) in [5.74, 6) is 0.827.